The van der Waals surface area contributed by atoms with E-state index < -0.39 is 11.8 Å². The number of nitrogens with zero attached hydrogens (tertiary/aromatic N) is 2. The van der Waals surface area contributed by atoms with Crippen molar-refractivity contribution in [1.29, 1.82) is 0 Å². The molecule has 0 atom stereocenters. The van der Waals surface area contributed by atoms with Crippen LogP contribution in [-0.4, -0.2) is 59.0 Å². The number of carbonyl (C=O) groups excluding carboxylic acids is 1. The molecule has 0 saturated carbocycles. The number of aromatic nitrogens is 1. The topological polar surface area (TPSA) is 89.0 Å². The first-order chi connectivity index (χ1) is 10.1. The van der Waals surface area contributed by atoms with Crippen molar-refractivity contribution in [3.05, 3.63) is 29.6 Å². The number of carbonyl (C=O) groups is 2. The largest absolute Gasteiger partial charge is 0.478 e. The lowest BCUT2D eigenvalue weighted by Crippen LogP contribution is -2.47. The number of hydrogen-bond donors (Lipinski definition) is 1. The van der Waals surface area contributed by atoms with Gasteiger partial charge in [0.05, 0.1) is 18.8 Å². The normalized spacial score (nSPS) is 20.7. The predicted octanol–water partition coefficient (Wildman–Crippen LogP) is 0.759. The van der Waals surface area contributed by atoms with Gasteiger partial charge in [0.15, 0.2) is 5.79 Å². The first kappa shape index (κ1) is 14.0. The van der Waals surface area contributed by atoms with E-state index in [0.29, 0.717) is 39.1 Å². The zero-order valence-corrected chi connectivity index (χ0v) is 11.4. The summed E-state index contributed by atoms with van der Waals surface area (Å²) in [6, 6.07) is 2.89. The number of ether oxygens (including phenoxy) is 2. The van der Waals surface area contributed by atoms with Gasteiger partial charge in [-0.3, -0.25) is 9.78 Å². The Labute approximate surface area is 121 Å². The van der Waals surface area contributed by atoms with Crippen molar-refractivity contribution in [1.82, 2.24) is 9.88 Å². The fraction of sp³-hybridized carbons (Fsp3) is 0.500. The van der Waals surface area contributed by atoms with Crippen LogP contribution in [0.3, 0.4) is 0 Å². The second-order valence-electron chi connectivity index (χ2n) is 5.10. The minimum absolute atomic E-state index is 0.0193. The average Bonchev–Trinajstić information content (AvgIpc) is 2.95. The average molecular weight is 292 g/mol. The molecule has 0 unspecified atom stereocenters. The van der Waals surface area contributed by atoms with Gasteiger partial charge in [0, 0.05) is 32.1 Å². The molecule has 7 heteroatoms. The van der Waals surface area contributed by atoms with E-state index >= 15 is 0 Å². The minimum atomic E-state index is -1.15. The van der Waals surface area contributed by atoms with E-state index in [0.717, 1.165) is 0 Å². The Kier molecular flexibility index (Phi) is 3.60. The molecule has 0 bridgehead atoms. The van der Waals surface area contributed by atoms with Gasteiger partial charge in [-0.25, -0.2) is 4.79 Å². The van der Waals surface area contributed by atoms with E-state index in [-0.39, 0.29) is 17.2 Å². The second kappa shape index (κ2) is 5.42. The zero-order valence-electron chi connectivity index (χ0n) is 11.4. The van der Waals surface area contributed by atoms with E-state index in [1.165, 1.54) is 18.3 Å². The molecule has 0 aliphatic carbocycles. The highest BCUT2D eigenvalue weighted by Gasteiger charge is 2.41. The fourth-order valence-electron chi connectivity index (χ4n) is 2.73. The highest BCUT2D eigenvalue weighted by molar-refractivity contribution is 6.03. The number of pyridine rings is 1. The Bertz CT molecular complexity index is 558. The summed E-state index contributed by atoms with van der Waals surface area (Å²) in [5.74, 6) is -2.07. The smallest absolute Gasteiger partial charge is 0.338 e. The van der Waals surface area contributed by atoms with Crippen LogP contribution in [0.2, 0.25) is 0 Å². The monoisotopic (exact) mass is 292 g/mol. The first-order valence-electron chi connectivity index (χ1n) is 6.87. The minimum Gasteiger partial charge on any atom is -0.478 e. The molecule has 21 heavy (non-hydrogen) atoms. The Morgan fingerprint density at radius 2 is 1.90 bits per heavy atom. The molecular formula is C14H16N2O5. The standard InChI is InChI=1S/C14H16N2O5/c17-12(11-10(13(18)19)2-1-5-15-11)16-6-3-14(4-7-16)20-8-9-21-14/h1-2,5H,3-4,6-9H2,(H,18,19). The summed E-state index contributed by atoms with van der Waals surface area (Å²) in [6.07, 6.45) is 2.61. The van der Waals surface area contributed by atoms with E-state index in [1.54, 1.807) is 4.90 Å². The summed E-state index contributed by atoms with van der Waals surface area (Å²) in [5, 5.41) is 9.13. The van der Waals surface area contributed by atoms with Gasteiger partial charge in [-0.2, -0.15) is 0 Å². The second-order valence-corrected chi connectivity index (χ2v) is 5.10. The highest BCUT2D eigenvalue weighted by Crippen LogP contribution is 2.31. The number of aromatic carboxylic acids is 1. The van der Waals surface area contributed by atoms with Crippen LogP contribution in [0.25, 0.3) is 0 Å². The molecule has 2 aliphatic heterocycles. The molecule has 1 N–H and O–H groups in total. The van der Waals surface area contributed by atoms with Crippen LogP contribution in [0, 0.1) is 0 Å². The van der Waals surface area contributed by atoms with E-state index in [9.17, 15) is 9.59 Å². The summed E-state index contributed by atoms with van der Waals surface area (Å²) in [4.78, 5) is 29.1. The molecule has 2 saturated heterocycles. The van der Waals surface area contributed by atoms with Crippen LogP contribution in [-0.2, 0) is 9.47 Å². The Balaban J connectivity index is 1.74. The van der Waals surface area contributed by atoms with Crippen LogP contribution >= 0.6 is 0 Å². The quantitative estimate of drug-likeness (QED) is 0.865. The van der Waals surface area contributed by atoms with E-state index in [2.05, 4.69) is 4.98 Å². The van der Waals surface area contributed by atoms with Gasteiger partial charge in [0.1, 0.15) is 5.69 Å². The third-order valence-corrected chi connectivity index (χ3v) is 3.87. The summed E-state index contributed by atoms with van der Waals surface area (Å²) in [7, 11) is 0. The molecule has 3 rings (SSSR count). The maximum Gasteiger partial charge on any atom is 0.338 e. The van der Waals surface area contributed by atoms with Crippen molar-refractivity contribution >= 4 is 11.9 Å². The summed E-state index contributed by atoms with van der Waals surface area (Å²) < 4.78 is 11.2. The molecule has 3 heterocycles. The number of rotatable bonds is 2. The van der Waals surface area contributed by atoms with Crippen LogP contribution in [0.4, 0.5) is 0 Å². The van der Waals surface area contributed by atoms with Crippen molar-refractivity contribution in [2.24, 2.45) is 0 Å². The third-order valence-electron chi connectivity index (χ3n) is 3.87. The summed E-state index contributed by atoms with van der Waals surface area (Å²) in [5.41, 5.74) is -0.0923. The van der Waals surface area contributed by atoms with Crippen LogP contribution in [0.1, 0.15) is 33.7 Å². The maximum atomic E-state index is 12.4. The van der Waals surface area contributed by atoms with Crippen molar-refractivity contribution < 1.29 is 24.2 Å². The van der Waals surface area contributed by atoms with Gasteiger partial charge in [-0.1, -0.05) is 0 Å². The summed E-state index contributed by atoms with van der Waals surface area (Å²) >= 11 is 0. The van der Waals surface area contributed by atoms with Gasteiger partial charge < -0.3 is 19.5 Å². The predicted molar refractivity (Wildman–Crippen MR) is 71.0 cm³/mol. The first-order valence-corrected chi connectivity index (χ1v) is 6.87. The molecule has 7 nitrogen and oxygen atoms in total. The molecule has 0 radical (unpaired) electrons. The molecule has 112 valence electrons. The van der Waals surface area contributed by atoms with Crippen molar-refractivity contribution in [2.75, 3.05) is 26.3 Å². The molecule has 1 spiro atoms. The highest BCUT2D eigenvalue weighted by atomic mass is 16.7. The van der Waals surface area contributed by atoms with Crippen molar-refractivity contribution in [3.63, 3.8) is 0 Å². The Morgan fingerprint density at radius 3 is 2.52 bits per heavy atom. The Hall–Kier alpha value is -1.99. The molecule has 0 aromatic carbocycles. The van der Waals surface area contributed by atoms with Crippen LogP contribution in [0.15, 0.2) is 18.3 Å². The lowest BCUT2D eigenvalue weighted by atomic mass is 10.0. The third kappa shape index (κ3) is 2.62. The molecule has 1 aromatic rings. The maximum absolute atomic E-state index is 12.4. The van der Waals surface area contributed by atoms with Crippen LogP contribution < -0.4 is 0 Å². The summed E-state index contributed by atoms with van der Waals surface area (Å²) in [6.45, 7) is 2.09. The lowest BCUT2D eigenvalue weighted by molar-refractivity contribution is -0.181. The van der Waals surface area contributed by atoms with Gasteiger partial charge in [-0.15, -0.1) is 0 Å². The van der Waals surface area contributed by atoms with E-state index in [4.69, 9.17) is 14.6 Å². The van der Waals surface area contributed by atoms with E-state index in [1.807, 2.05) is 0 Å². The van der Waals surface area contributed by atoms with Crippen molar-refractivity contribution in [2.45, 2.75) is 18.6 Å². The number of likely N-dealkylation sites (tertiary alicyclic amines) is 1. The Morgan fingerprint density at radius 1 is 1.24 bits per heavy atom. The molecule has 1 amide bonds. The number of carboxylic acid groups (broad SMARTS) is 1. The SMILES string of the molecule is O=C(O)c1cccnc1C(=O)N1CCC2(CC1)OCCO2. The fourth-order valence-corrected chi connectivity index (χ4v) is 2.73. The van der Waals surface area contributed by atoms with Gasteiger partial charge >= 0.3 is 5.97 Å². The number of piperidine rings is 1. The molecule has 2 aliphatic rings. The molecule has 1 aromatic heterocycles. The lowest BCUT2D eigenvalue weighted by Gasteiger charge is -2.37. The van der Waals surface area contributed by atoms with Gasteiger partial charge in [-0.05, 0) is 12.1 Å². The van der Waals surface area contributed by atoms with Crippen LogP contribution in [0.5, 0.6) is 0 Å². The van der Waals surface area contributed by atoms with Gasteiger partial charge in [0.2, 0.25) is 0 Å². The number of amides is 1. The van der Waals surface area contributed by atoms with Crippen molar-refractivity contribution in [3.8, 4) is 0 Å². The van der Waals surface area contributed by atoms with Gasteiger partial charge in [0.25, 0.3) is 5.91 Å². The number of hydrogen-bond acceptors (Lipinski definition) is 5. The zero-order chi connectivity index (χ0) is 14.9. The number of carboxylic acids is 1. The molecular weight excluding hydrogens is 276 g/mol. The molecule has 2 fully saturated rings.